The number of benzene rings is 2. The van der Waals surface area contributed by atoms with E-state index in [1.807, 2.05) is 30.3 Å². The quantitative estimate of drug-likeness (QED) is 0.743. The number of carbonyl (C=O) groups is 1. The van der Waals surface area contributed by atoms with Crippen LogP contribution in [0.15, 0.2) is 52.9 Å². The van der Waals surface area contributed by atoms with Gasteiger partial charge in [-0.2, -0.15) is 0 Å². The molecule has 0 atom stereocenters. The first kappa shape index (κ1) is 16.8. The molecule has 3 rings (SSSR count). The number of amides is 1. The molecule has 25 heavy (non-hydrogen) atoms. The molecule has 0 aliphatic carbocycles. The largest absolute Gasteiger partial charge is 0.441 e. The van der Waals surface area contributed by atoms with E-state index in [2.05, 4.69) is 10.3 Å². The number of hydrogen-bond acceptors (Lipinski definition) is 3. The summed E-state index contributed by atoms with van der Waals surface area (Å²) in [6.07, 6.45) is 0.540. The van der Waals surface area contributed by atoms with Gasteiger partial charge in [0.15, 0.2) is 11.6 Å². The summed E-state index contributed by atoms with van der Waals surface area (Å²) in [6, 6.07) is 12.7. The Morgan fingerprint density at radius 2 is 1.88 bits per heavy atom. The first-order valence-electron chi connectivity index (χ1n) is 7.79. The molecular weight excluding hydrogens is 326 g/mol. The number of nitrogens with one attached hydrogen (secondary N) is 1. The Kier molecular flexibility index (Phi) is 4.88. The van der Waals surface area contributed by atoms with Crippen molar-refractivity contribution in [3.05, 3.63) is 71.6 Å². The van der Waals surface area contributed by atoms with Gasteiger partial charge < -0.3 is 9.73 Å². The molecule has 0 bridgehead atoms. The maximum absolute atomic E-state index is 13.1. The van der Waals surface area contributed by atoms with Crippen LogP contribution in [0.2, 0.25) is 0 Å². The molecule has 1 aromatic heterocycles. The minimum atomic E-state index is -1.00. The zero-order valence-electron chi connectivity index (χ0n) is 13.6. The van der Waals surface area contributed by atoms with Crippen molar-refractivity contribution in [1.29, 1.82) is 0 Å². The van der Waals surface area contributed by atoms with Crippen molar-refractivity contribution in [2.75, 3.05) is 5.32 Å². The summed E-state index contributed by atoms with van der Waals surface area (Å²) in [4.78, 5) is 16.4. The van der Waals surface area contributed by atoms with Crippen LogP contribution in [0.3, 0.4) is 0 Å². The van der Waals surface area contributed by atoms with Crippen molar-refractivity contribution in [3.8, 4) is 11.5 Å². The second-order valence-electron chi connectivity index (χ2n) is 5.56. The number of rotatable bonds is 5. The predicted octanol–water partition coefficient (Wildman–Crippen LogP) is 4.50. The number of nitrogens with zero attached hydrogens (tertiary/aromatic N) is 1. The van der Waals surface area contributed by atoms with E-state index < -0.39 is 11.6 Å². The highest BCUT2D eigenvalue weighted by molar-refractivity contribution is 5.90. The van der Waals surface area contributed by atoms with Crippen LogP contribution in [0.4, 0.5) is 14.5 Å². The van der Waals surface area contributed by atoms with E-state index in [9.17, 15) is 13.6 Å². The highest BCUT2D eigenvalue weighted by atomic mass is 19.2. The normalized spacial score (nSPS) is 10.7. The molecule has 128 valence electrons. The van der Waals surface area contributed by atoms with E-state index in [0.717, 1.165) is 17.7 Å². The zero-order valence-corrected chi connectivity index (χ0v) is 13.6. The minimum Gasteiger partial charge on any atom is -0.441 e. The molecule has 0 saturated carbocycles. The average molecular weight is 342 g/mol. The topological polar surface area (TPSA) is 55.1 Å². The van der Waals surface area contributed by atoms with Crippen LogP contribution in [0, 0.1) is 18.6 Å². The van der Waals surface area contributed by atoms with Crippen LogP contribution < -0.4 is 5.32 Å². The molecule has 0 spiro atoms. The van der Waals surface area contributed by atoms with Crippen LogP contribution in [0.1, 0.15) is 17.9 Å². The van der Waals surface area contributed by atoms with Crippen LogP contribution in [-0.4, -0.2) is 10.9 Å². The van der Waals surface area contributed by atoms with Gasteiger partial charge in [-0.3, -0.25) is 4.79 Å². The molecule has 0 fully saturated rings. The zero-order chi connectivity index (χ0) is 17.8. The maximum Gasteiger partial charge on any atom is 0.226 e. The lowest BCUT2D eigenvalue weighted by molar-refractivity contribution is -0.116. The first-order chi connectivity index (χ1) is 12.0. The Balaban J connectivity index is 1.62. The number of oxazole rings is 1. The maximum atomic E-state index is 13.1. The Morgan fingerprint density at radius 3 is 2.60 bits per heavy atom. The predicted molar refractivity (Wildman–Crippen MR) is 90.0 cm³/mol. The van der Waals surface area contributed by atoms with Crippen molar-refractivity contribution in [3.63, 3.8) is 0 Å². The fraction of sp³-hybridized carbons (Fsp3) is 0.158. The highest BCUT2D eigenvalue weighted by Crippen LogP contribution is 2.22. The number of hydrogen-bond donors (Lipinski definition) is 1. The third kappa shape index (κ3) is 4.09. The average Bonchev–Trinajstić information content (AvgIpc) is 2.98. The van der Waals surface area contributed by atoms with Gasteiger partial charge in [0, 0.05) is 30.2 Å². The molecule has 6 heteroatoms. The Labute approximate surface area is 143 Å². The van der Waals surface area contributed by atoms with E-state index in [0.29, 0.717) is 23.8 Å². The van der Waals surface area contributed by atoms with Gasteiger partial charge in [0.2, 0.25) is 11.8 Å². The molecule has 3 aromatic rings. The number of aromatic nitrogens is 1. The summed E-state index contributed by atoms with van der Waals surface area (Å²) in [6.45, 7) is 1.79. The van der Waals surface area contributed by atoms with Gasteiger partial charge in [-0.1, -0.05) is 18.2 Å². The fourth-order valence-electron chi connectivity index (χ4n) is 2.39. The fourth-order valence-corrected chi connectivity index (χ4v) is 2.39. The molecule has 4 nitrogen and oxygen atoms in total. The number of aryl methyl sites for hydroxylation is 2. The molecule has 1 amide bonds. The van der Waals surface area contributed by atoms with E-state index in [1.165, 1.54) is 6.07 Å². The smallest absolute Gasteiger partial charge is 0.226 e. The van der Waals surface area contributed by atoms with E-state index >= 15 is 0 Å². The standard InChI is InChI=1S/C19H16F2N2O2/c1-12-17(23-19(25-12)13-5-3-2-4-6-13)9-10-18(24)22-14-7-8-15(20)16(21)11-14/h2-8,11H,9-10H2,1H3,(H,22,24). The summed E-state index contributed by atoms with van der Waals surface area (Å²) < 4.78 is 31.7. The van der Waals surface area contributed by atoms with Gasteiger partial charge in [-0.05, 0) is 31.2 Å². The van der Waals surface area contributed by atoms with Crippen molar-refractivity contribution >= 4 is 11.6 Å². The van der Waals surface area contributed by atoms with Crippen molar-refractivity contribution in [2.24, 2.45) is 0 Å². The molecule has 0 saturated heterocycles. The highest BCUT2D eigenvalue weighted by Gasteiger charge is 2.13. The van der Waals surface area contributed by atoms with E-state index in [4.69, 9.17) is 4.42 Å². The second kappa shape index (κ2) is 7.25. The van der Waals surface area contributed by atoms with Crippen molar-refractivity contribution < 1.29 is 18.0 Å². The Hall–Kier alpha value is -3.02. The third-order valence-electron chi connectivity index (χ3n) is 3.71. The summed E-state index contributed by atoms with van der Waals surface area (Å²) >= 11 is 0. The molecule has 1 heterocycles. The molecular formula is C19H16F2N2O2. The summed E-state index contributed by atoms with van der Waals surface area (Å²) in [5.41, 5.74) is 1.77. The SMILES string of the molecule is Cc1oc(-c2ccccc2)nc1CCC(=O)Nc1ccc(F)c(F)c1. The van der Waals surface area contributed by atoms with Crippen molar-refractivity contribution in [2.45, 2.75) is 19.8 Å². The minimum absolute atomic E-state index is 0.153. The second-order valence-corrected chi connectivity index (χ2v) is 5.56. The first-order valence-corrected chi connectivity index (χ1v) is 7.79. The Morgan fingerprint density at radius 1 is 1.12 bits per heavy atom. The number of halogens is 2. The van der Waals surface area contributed by atoms with Crippen LogP contribution in [-0.2, 0) is 11.2 Å². The van der Waals surface area contributed by atoms with Gasteiger partial charge in [0.05, 0.1) is 5.69 Å². The summed E-state index contributed by atoms with van der Waals surface area (Å²) in [5, 5.41) is 2.53. The van der Waals surface area contributed by atoms with Crippen molar-refractivity contribution in [1.82, 2.24) is 4.98 Å². The van der Waals surface area contributed by atoms with E-state index in [-0.39, 0.29) is 18.0 Å². The van der Waals surface area contributed by atoms with Gasteiger partial charge in [-0.15, -0.1) is 0 Å². The molecule has 0 unspecified atom stereocenters. The van der Waals surface area contributed by atoms with Gasteiger partial charge >= 0.3 is 0 Å². The third-order valence-corrected chi connectivity index (χ3v) is 3.71. The lowest BCUT2D eigenvalue weighted by atomic mass is 10.2. The van der Waals surface area contributed by atoms with Gasteiger partial charge in [0.25, 0.3) is 0 Å². The molecule has 0 aliphatic heterocycles. The van der Waals surface area contributed by atoms with E-state index in [1.54, 1.807) is 6.92 Å². The molecule has 2 aromatic carbocycles. The molecule has 0 aliphatic rings. The number of carbonyl (C=O) groups excluding carboxylic acids is 1. The lowest BCUT2D eigenvalue weighted by Gasteiger charge is -2.05. The molecule has 0 radical (unpaired) electrons. The molecule has 1 N–H and O–H groups in total. The summed E-state index contributed by atoms with van der Waals surface area (Å²) in [7, 11) is 0. The van der Waals surface area contributed by atoms with Crippen LogP contribution >= 0.6 is 0 Å². The Bertz CT molecular complexity index is 892. The monoisotopic (exact) mass is 342 g/mol. The lowest BCUT2D eigenvalue weighted by Crippen LogP contribution is -2.13. The van der Waals surface area contributed by atoms with Gasteiger partial charge in [-0.25, -0.2) is 13.8 Å². The van der Waals surface area contributed by atoms with Gasteiger partial charge in [0.1, 0.15) is 5.76 Å². The van der Waals surface area contributed by atoms with Crippen LogP contribution in [0.25, 0.3) is 11.5 Å². The summed E-state index contributed by atoms with van der Waals surface area (Å²) in [5.74, 6) is -1.11. The number of anilines is 1. The van der Waals surface area contributed by atoms with Crippen LogP contribution in [0.5, 0.6) is 0 Å².